The molecule has 1 aliphatic heterocycles. The molecule has 1 aliphatic rings. The minimum atomic E-state index is 0.743. The first-order chi connectivity index (χ1) is 8.18. The van der Waals surface area contributed by atoms with Crippen LogP contribution in [0.5, 0.6) is 0 Å². The van der Waals surface area contributed by atoms with Crippen LogP contribution >= 0.6 is 23.2 Å². The Hall–Kier alpha value is -0.440. The smallest absolute Gasteiger partial charge is 0.0745 e. The quantitative estimate of drug-likeness (QED) is 0.769. The lowest BCUT2D eigenvalue weighted by Gasteiger charge is -2.34. The lowest BCUT2D eigenvalue weighted by Crippen LogP contribution is -2.44. The third kappa shape index (κ3) is 3.77. The molecule has 0 atom stereocenters. The third-order valence-corrected chi connectivity index (χ3v) is 3.37. The number of hydrogen-bond acceptors (Lipinski definition) is 2. The summed E-state index contributed by atoms with van der Waals surface area (Å²) in [5.41, 5.74) is 0.980. The van der Waals surface area contributed by atoms with E-state index in [-0.39, 0.29) is 0 Å². The predicted octanol–water partition coefficient (Wildman–Crippen LogP) is 3.77. The van der Waals surface area contributed by atoms with E-state index in [2.05, 4.69) is 16.8 Å². The van der Waals surface area contributed by atoms with Crippen LogP contribution in [0.25, 0.3) is 0 Å². The molecule has 0 radical (unpaired) electrons. The van der Waals surface area contributed by atoms with E-state index in [1.807, 2.05) is 32.0 Å². The normalized spacial score (nSPS) is 16.4. The van der Waals surface area contributed by atoms with E-state index in [4.69, 9.17) is 23.2 Å². The summed E-state index contributed by atoms with van der Waals surface area (Å²) in [7, 11) is 2.13. The topological polar surface area (TPSA) is 6.48 Å². The van der Waals surface area contributed by atoms with Gasteiger partial charge < -0.3 is 9.80 Å². The number of rotatable bonds is 1. The summed E-state index contributed by atoms with van der Waals surface area (Å²) >= 11 is 12.3. The summed E-state index contributed by atoms with van der Waals surface area (Å²) < 4.78 is 0. The van der Waals surface area contributed by atoms with Crippen LogP contribution in [0, 0.1) is 0 Å². The van der Waals surface area contributed by atoms with Crippen molar-refractivity contribution in [2.45, 2.75) is 13.8 Å². The SMILES string of the molecule is CC.CN1CCN(c2c(Cl)cccc2Cl)CC1. The maximum atomic E-state index is 6.16. The van der Waals surface area contributed by atoms with Gasteiger partial charge in [0.05, 0.1) is 15.7 Å². The fraction of sp³-hybridized carbons (Fsp3) is 0.538. The molecule has 1 aromatic carbocycles. The number of hydrogen-bond donors (Lipinski definition) is 0. The van der Waals surface area contributed by atoms with Crippen molar-refractivity contribution in [3.05, 3.63) is 28.2 Å². The molecule has 0 amide bonds. The standard InChI is InChI=1S/C11H14Cl2N2.C2H6/c1-14-5-7-15(8-6-14)11-9(12)3-2-4-10(11)13;1-2/h2-4H,5-8H2,1H3;1-2H3. The Labute approximate surface area is 114 Å². The van der Waals surface area contributed by atoms with Gasteiger partial charge in [-0.25, -0.2) is 0 Å². The molecule has 0 N–H and O–H groups in total. The van der Waals surface area contributed by atoms with Crippen molar-refractivity contribution in [3.63, 3.8) is 0 Å². The predicted molar refractivity (Wildman–Crippen MR) is 77.5 cm³/mol. The first kappa shape index (κ1) is 14.6. The lowest BCUT2D eigenvalue weighted by molar-refractivity contribution is 0.313. The molecule has 0 unspecified atom stereocenters. The molecule has 1 saturated heterocycles. The van der Waals surface area contributed by atoms with Gasteiger partial charge in [0, 0.05) is 26.2 Å². The molecule has 4 heteroatoms. The zero-order chi connectivity index (χ0) is 12.8. The summed E-state index contributed by atoms with van der Waals surface area (Å²) in [6.07, 6.45) is 0. The summed E-state index contributed by atoms with van der Waals surface area (Å²) in [5.74, 6) is 0. The maximum Gasteiger partial charge on any atom is 0.0745 e. The maximum absolute atomic E-state index is 6.16. The molecule has 0 spiro atoms. The van der Waals surface area contributed by atoms with E-state index >= 15 is 0 Å². The molecule has 0 bridgehead atoms. The van der Waals surface area contributed by atoms with Crippen molar-refractivity contribution in [3.8, 4) is 0 Å². The zero-order valence-corrected chi connectivity index (χ0v) is 12.2. The van der Waals surface area contributed by atoms with Crippen LogP contribution in [0.1, 0.15) is 13.8 Å². The highest BCUT2D eigenvalue weighted by atomic mass is 35.5. The van der Waals surface area contributed by atoms with Gasteiger partial charge in [-0.2, -0.15) is 0 Å². The van der Waals surface area contributed by atoms with Gasteiger partial charge in [0.15, 0.2) is 0 Å². The highest BCUT2D eigenvalue weighted by Gasteiger charge is 2.18. The molecule has 1 fully saturated rings. The first-order valence-electron chi connectivity index (χ1n) is 6.06. The van der Waals surface area contributed by atoms with E-state index in [0.29, 0.717) is 0 Å². The minimum Gasteiger partial charge on any atom is -0.367 e. The summed E-state index contributed by atoms with van der Waals surface area (Å²) in [6, 6.07) is 5.66. The molecular formula is C13H20Cl2N2. The summed E-state index contributed by atoms with van der Waals surface area (Å²) in [5, 5.41) is 1.49. The van der Waals surface area contributed by atoms with Crippen LogP contribution in [-0.4, -0.2) is 38.1 Å². The average Bonchev–Trinajstić information content (AvgIpc) is 2.34. The Morgan fingerprint density at radius 2 is 1.41 bits per heavy atom. The molecule has 1 heterocycles. The molecule has 2 rings (SSSR count). The number of benzene rings is 1. The monoisotopic (exact) mass is 274 g/mol. The minimum absolute atomic E-state index is 0.743. The van der Waals surface area contributed by atoms with Crippen molar-refractivity contribution in [2.75, 3.05) is 38.1 Å². The zero-order valence-electron chi connectivity index (χ0n) is 10.7. The first-order valence-corrected chi connectivity index (χ1v) is 6.81. The van der Waals surface area contributed by atoms with Gasteiger partial charge in [0.1, 0.15) is 0 Å². The van der Waals surface area contributed by atoms with Crippen LogP contribution in [0.15, 0.2) is 18.2 Å². The van der Waals surface area contributed by atoms with Crippen molar-refractivity contribution in [1.29, 1.82) is 0 Å². The van der Waals surface area contributed by atoms with Gasteiger partial charge in [-0.1, -0.05) is 43.1 Å². The molecule has 0 aliphatic carbocycles. The summed E-state index contributed by atoms with van der Waals surface area (Å²) in [6.45, 7) is 8.09. The number of anilines is 1. The van der Waals surface area contributed by atoms with Gasteiger partial charge >= 0.3 is 0 Å². The Morgan fingerprint density at radius 3 is 1.88 bits per heavy atom. The van der Waals surface area contributed by atoms with E-state index in [0.717, 1.165) is 41.9 Å². The largest absolute Gasteiger partial charge is 0.367 e. The van der Waals surface area contributed by atoms with Crippen molar-refractivity contribution in [2.24, 2.45) is 0 Å². The van der Waals surface area contributed by atoms with E-state index in [9.17, 15) is 0 Å². The van der Waals surface area contributed by atoms with E-state index in [1.165, 1.54) is 0 Å². The second-order valence-electron chi connectivity index (χ2n) is 3.86. The molecule has 0 aromatic heterocycles. The third-order valence-electron chi connectivity index (χ3n) is 2.76. The molecular weight excluding hydrogens is 255 g/mol. The number of likely N-dealkylation sites (N-methyl/N-ethyl adjacent to an activating group) is 1. The second kappa shape index (κ2) is 7.10. The van der Waals surface area contributed by atoms with Crippen molar-refractivity contribution >= 4 is 28.9 Å². The second-order valence-corrected chi connectivity index (χ2v) is 4.67. The van der Waals surface area contributed by atoms with Crippen molar-refractivity contribution in [1.82, 2.24) is 4.90 Å². The van der Waals surface area contributed by atoms with Crippen LogP contribution in [0.3, 0.4) is 0 Å². The van der Waals surface area contributed by atoms with Crippen LogP contribution < -0.4 is 4.90 Å². The Bertz CT molecular complexity index is 327. The summed E-state index contributed by atoms with van der Waals surface area (Å²) in [4.78, 5) is 4.56. The fourth-order valence-electron chi connectivity index (χ4n) is 1.82. The fourth-order valence-corrected chi connectivity index (χ4v) is 2.46. The Balaban J connectivity index is 0.000000686. The van der Waals surface area contributed by atoms with Gasteiger partial charge in [0.2, 0.25) is 0 Å². The van der Waals surface area contributed by atoms with Crippen LogP contribution in [0.2, 0.25) is 10.0 Å². The Morgan fingerprint density at radius 1 is 0.941 bits per heavy atom. The molecule has 0 saturated carbocycles. The number of piperazine rings is 1. The van der Waals surface area contributed by atoms with E-state index < -0.39 is 0 Å². The highest BCUT2D eigenvalue weighted by molar-refractivity contribution is 6.39. The molecule has 1 aromatic rings. The molecule has 2 nitrogen and oxygen atoms in total. The van der Waals surface area contributed by atoms with E-state index in [1.54, 1.807) is 0 Å². The van der Waals surface area contributed by atoms with Gasteiger partial charge in [0.25, 0.3) is 0 Å². The van der Waals surface area contributed by atoms with Crippen LogP contribution in [0.4, 0.5) is 5.69 Å². The number of halogens is 2. The molecule has 96 valence electrons. The van der Waals surface area contributed by atoms with Gasteiger partial charge in [-0.15, -0.1) is 0 Å². The number of para-hydroxylation sites is 1. The molecule has 17 heavy (non-hydrogen) atoms. The van der Waals surface area contributed by atoms with Gasteiger partial charge in [-0.3, -0.25) is 0 Å². The van der Waals surface area contributed by atoms with Crippen LogP contribution in [-0.2, 0) is 0 Å². The number of nitrogens with zero attached hydrogens (tertiary/aromatic N) is 2. The van der Waals surface area contributed by atoms with Gasteiger partial charge in [-0.05, 0) is 19.2 Å². The highest BCUT2D eigenvalue weighted by Crippen LogP contribution is 2.33. The Kier molecular flexibility index (Phi) is 6.10. The lowest BCUT2D eigenvalue weighted by atomic mass is 10.2. The average molecular weight is 275 g/mol. The van der Waals surface area contributed by atoms with Crippen molar-refractivity contribution < 1.29 is 0 Å².